The fourth-order valence-corrected chi connectivity index (χ4v) is 3.47. The number of hydrogen-bond acceptors (Lipinski definition) is 3. The summed E-state index contributed by atoms with van der Waals surface area (Å²) in [6.07, 6.45) is 4.42. The first-order chi connectivity index (χ1) is 8.42. The Kier molecular flexibility index (Phi) is 3.97. The lowest BCUT2D eigenvalue weighted by molar-refractivity contribution is -0.138. The lowest BCUT2D eigenvalue weighted by Gasteiger charge is -2.38. The third-order valence-electron chi connectivity index (χ3n) is 4.65. The molecule has 0 radical (unpaired) electrons. The van der Waals surface area contributed by atoms with E-state index in [1.165, 1.54) is 6.42 Å². The molecule has 2 rings (SSSR count). The van der Waals surface area contributed by atoms with Crippen molar-refractivity contribution in [3.63, 3.8) is 0 Å². The maximum absolute atomic E-state index is 12.6. The van der Waals surface area contributed by atoms with Gasteiger partial charge in [-0.2, -0.15) is 0 Å². The van der Waals surface area contributed by atoms with Crippen LogP contribution < -0.4 is 5.73 Å². The maximum Gasteiger partial charge on any atom is 0.242 e. The molecule has 0 aromatic rings. The molecular formula is C14H26N2O2. The molecule has 0 bridgehead atoms. The highest BCUT2D eigenvalue weighted by molar-refractivity contribution is 5.86. The van der Waals surface area contributed by atoms with Gasteiger partial charge in [-0.15, -0.1) is 0 Å². The minimum Gasteiger partial charge on any atom is -0.393 e. The summed E-state index contributed by atoms with van der Waals surface area (Å²) in [4.78, 5) is 14.4. The van der Waals surface area contributed by atoms with E-state index in [9.17, 15) is 9.90 Å². The average molecular weight is 254 g/mol. The van der Waals surface area contributed by atoms with E-state index in [1.807, 2.05) is 4.90 Å². The van der Waals surface area contributed by atoms with Crippen molar-refractivity contribution in [3.05, 3.63) is 0 Å². The maximum atomic E-state index is 12.6. The second kappa shape index (κ2) is 5.17. The van der Waals surface area contributed by atoms with E-state index < -0.39 is 5.54 Å². The molecule has 4 heteroatoms. The molecule has 18 heavy (non-hydrogen) atoms. The summed E-state index contributed by atoms with van der Waals surface area (Å²) in [5.74, 6) is 0.874. The molecule has 4 nitrogen and oxygen atoms in total. The standard InChI is InChI=1S/C14H26N2O2/c1-10-4-3-6-14(15,8-10)13(18)16-7-5-12(9-16)11(2)17/h10-12,17H,3-9,15H2,1-2H3. The summed E-state index contributed by atoms with van der Waals surface area (Å²) in [6.45, 7) is 5.40. The minimum atomic E-state index is -0.648. The number of amides is 1. The van der Waals surface area contributed by atoms with Crippen molar-refractivity contribution < 1.29 is 9.90 Å². The van der Waals surface area contributed by atoms with Gasteiger partial charge in [0.05, 0.1) is 11.6 Å². The molecule has 0 spiro atoms. The van der Waals surface area contributed by atoms with Crippen molar-refractivity contribution in [1.29, 1.82) is 0 Å². The summed E-state index contributed by atoms with van der Waals surface area (Å²) >= 11 is 0. The number of likely N-dealkylation sites (tertiary alicyclic amines) is 1. The van der Waals surface area contributed by atoms with E-state index in [0.29, 0.717) is 12.5 Å². The topological polar surface area (TPSA) is 66.6 Å². The zero-order valence-electron chi connectivity index (χ0n) is 11.6. The van der Waals surface area contributed by atoms with Gasteiger partial charge in [0, 0.05) is 19.0 Å². The number of hydrogen-bond donors (Lipinski definition) is 2. The number of aliphatic hydroxyl groups excluding tert-OH is 1. The second-order valence-corrected chi connectivity index (χ2v) is 6.40. The number of nitrogens with two attached hydrogens (primary N) is 1. The highest BCUT2D eigenvalue weighted by Crippen LogP contribution is 2.33. The Labute approximate surface area is 110 Å². The molecule has 2 aliphatic rings. The van der Waals surface area contributed by atoms with Crippen LogP contribution >= 0.6 is 0 Å². The zero-order valence-corrected chi connectivity index (χ0v) is 11.6. The van der Waals surface area contributed by atoms with Gasteiger partial charge in [-0.3, -0.25) is 4.79 Å². The predicted molar refractivity (Wildman–Crippen MR) is 70.9 cm³/mol. The molecule has 4 unspecified atom stereocenters. The van der Waals surface area contributed by atoms with Crippen LogP contribution in [0.2, 0.25) is 0 Å². The molecule has 1 aliphatic carbocycles. The molecule has 0 aromatic heterocycles. The van der Waals surface area contributed by atoms with Gasteiger partial charge in [0.1, 0.15) is 0 Å². The van der Waals surface area contributed by atoms with Crippen LogP contribution in [0.25, 0.3) is 0 Å². The third kappa shape index (κ3) is 2.69. The van der Waals surface area contributed by atoms with Gasteiger partial charge < -0.3 is 15.7 Å². The van der Waals surface area contributed by atoms with Crippen molar-refractivity contribution in [2.75, 3.05) is 13.1 Å². The Bertz CT molecular complexity index is 319. The largest absolute Gasteiger partial charge is 0.393 e. The first-order valence-corrected chi connectivity index (χ1v) is 7.19. The van der Waals surface area contributed by atoms with E-state index in [0.717, 1.165) is 32.2 Å². The normalized spacial score (nSPS) is 38.8. The van der Waals surface area contributed by atoms with Crippen LogP contribution in [0.3, 0.4) is 0 Å². The predicted octanol–water partition coefficient (Wildman–Crippen LogP) is 1.12. The lowest BCUT2D eigenvalue weighted by Crippen LogP contribution is -2.57. The Morgan fingerprint density at radius 3 is 2.78 bits per heavy atom. The number of carbonyl (C=O) groups excluding carboxylic acids is 1. The van der Waals surface area contributed by atoms with Gasteiger partial charge in [-0.25, -0.2) is 0 Å². The quantitative estimate of drug-likeness (QED) is 0.776. The van der Waals surface area contributed by atoms with Crippen LogP contribution in [0, 0.1) is 11.8 Å². The van der Waals surface area contributed by atoms with E-state index in [1.54, 1.807) is 6.92 Å². The number of nitrogens with zero attached hydrogens (tertiary/aromatic N) is 1. The Balaban J connectivity index is 1.99. The monoisotopic (exact) mass is 254 g/mol. The van der Waals surface area contributed by atoms with Gasteiger partial charge in [-0.05, 0) is 32.1 Å². The fraction of sp³-hybridized carbons (Fsp3) is 0.929. The number of aliphatic hydroxyl groups is 1. The first-order valence-electron chi connectivity index (χ1n) is 7.19. The number of rotatable bonds is 2. The average Bonchev–Trinajstić information content (AvgIpc) is 2.76. The molecule has 1 saturated carbocycles. The van der Waals surface area contributed by atoms with E-state index in [-0.39, 0.29) is 17.9 Å². The van der Waals surface area contributed by atoms with Crippen molar-refractivity contribution in [2.24, 2.45) is 17.6 Å². The van der Waals surface area contributed by atoms with Crippen LogP contribution in [0.15, 0.2) is 0 Å². The highest BCUT2D eigenvalue weighted by atomic mass is 16.3. The molecule has 1 heterocycles. The molecule has 1 saturated heterocycles. The zero-order chi connectivity index (χ0) is 13.3. The summed E-state index contributed by atoms with van der Waals surface area (Å²) in [7, 11) is 0. The van der Waals surface area contributed by atoms with Crippen LogP contribution in [0.1, 0.15) is 46.0 Å². The summed E-state index contributed by atoms with van der Waals surface area (Å²) in [6, 6.07) is 0. The Morgan fingerprint density at radius 2 is 2.22 bits per heavy atom. The SMILES string of the molecule is CC1CCCC(N)(C(=O)N2CCC(C(C)O)C2)C1. The van der Waals surface area contributed by atoms with E-state index in [4.69, 9.17) is 5.73 Å². The molecule has 3 N–H and O–H groups in total. The fourth-order valence-electron chi connectivity index (χ4n) is 3.47. The molecule has 1 amide bonds. The van der Waals surface area contributed by atoms with Gasteiger partial charge in [0.25, 0.3) is 0 Å². The van der Waals surface area contributed by atoms with Crippen molar-refractivity contribution in [2.45, 2.75) is 57.6 Å². The molecule has 4 atom stereocenters. The Hall–Kier alpha value is -0.610. The smallest absolute Gasteiger partial charge is 0.242 e. The van der Waals surface area contributed by atoms with Gasteiger partial charge in [0.2, 0.25) is 5.91 Å². The summed E-state index contributed by atoms with van der Waals surface area (Å²) in [5, 5.41) is 9.60. The van der Waals surface area contributed by atoms with Crippen molar-refractivity contribution >= 4 is 5.91 Å². The third-order valence-corrected chi connectivity index (χ3v) is 4.65. The van der Waals surface area contributed by atoms with Crippen LogP contribution in [0.5, 0.6) is 0 Å². The molecule has 0 aromatic carbocycles. The van der Waals surface area contributed by atoms with Gasteiger partial charge in [0.15, 0.2) is 0 Å². The first kappa shape index (κ1) is 13.8. The number of carbonyl (C=O) groups is 1. The van der Waals surface area contributed by atoms with Crippen LogP contribution in [0.4, 0.5) is 0 Å². The van der Waals surface area contributed by atoms with Crippen LogP contribution in [-0.2, 0) is 4.79 Å². The molecular weight excluding hydrogens is 228 g/mol. The Morgan fingerprint density at radius 1 is 1.50 bits per heavy atom. The summed E-state index contributed by atoms with van der Waals surface area (Å²) in [5.41, 5.74) is 5.69. The highest BCUT2D eigenvalue weighted by Gasteiger charge is 2.42. The van der Waals surface area contributed by atoms with Gasteiger partial charge in [-0.1, -0.05) is 19.8 Å². The summed E-state index contributed by atoms with van der Waals surface area (Å²) < 4.78 is 0. The second-order valence-electron chi connectivity index (χ2n) is 6.40. The van der Waals surface area contributed by atoms with Gasteiger partial charge >= 0.3 is 0 Å². The molecule has 1 aliphatic heterocycles. The lowest BCUT2D eigenvalue weighted by atomic mass is 9.76. The molecule has 2 fully saturated rings. The van der Waals surface area contributed by atoms with E-state index in [2.05, 4.69) is 6.92 Å². The van der Waals surface area contributed by atoms with E-state index >= 15 is 0 Å². The molecule has 104 valence electrons. The van der Waals surface area contributed by atoms with Crippen LogP contribution in [-0.4, -0.2) is 40.6 Å². The minimum absolute atomic E-state index is 0.109. The van der Waals surface area contributed by atoms with Crippen molar-refractivity contribution in [3.8, 4) is 0 Å². The van der Waals surface area contributed by atoms with Crippen molar-refractivity contribution in [1.82, 2.24) is 4.90 Å².